The number of nitro groups is 1. The van der Waals surface area contributed by atoms with E-state index in [0.717, 1.165) is 18.8 Å². The highest BCUT2D eigenvalue weighted by Crippen LogP contribution is 2.19. The molecule has 0 aromatic heterocycles. The van der Waals surface area contributed by atoms with Crippen molar-refractivity contribution in [2.75, 3.05) is 28.6 Å². The first-order valence-corrected chi connectivity index (χ1v) is 8.11. The first-order valence-electron chi connectivity index (χ1n) is 7.71. The van der Waals surface area contributed by atoms with Crippen LogP contribution < -0.4 is 15.5 Å². The maximum Gasteiger partial charge on any atom is 0.269 e. The maximum atomic E-state index is 10.6. The molecule has 2 aromatic rings. The molecule has 0 unspecified atom stereocenters. The van der Waals surface area contributed by atoms with E-state index in [1.807, 2.05) is 24.3 Å². The van der Waals surface area contributed by atoms with Crippen molar-refractivity contribution in [2.24, 2.45) is 0 Å². The van der Waals surface area contributed by atoms with Gasteiger partial charge in [-0.15, -0.1) is 0 Å². The molecule has 24 heavy (non-hydrogen) atoms. The Morgan fingerprint density at radius 2 is 1.46 bits per heavy atom. The highest BCUT2D eigenvalue weighted by Gasteiger charge is 2.05. The topological polar surface area (TPSA) is 70.4 Å². The van der Waals surface area contributed by atoms with Crippen LogP contribution in [0.25, 0.3) is 0 Å². The second-order valence-electron chi connectivity index (χ2n) is 5.10. The molecule has 0 aliphatic heterocycles. The van der Waals surface area contributed by atoms with Gasteiger partial charge >= 0.3 is 0 Å². The average molecular weight is 344 g/mol. The third-order valence-corrected chi connectivity index (χ3v) is 3.79. The van der Waals surface area contributed by atoms with Crippen LogP contribution in [0.3, 0.4) is 0 Å². The van der Waals surface area contributed by atoms with Crippen molar-refractivity contribution in [2.45, 2.75) is 13.8 Å². The van der Waals surface area contributed by atoms with Crippen molar-refractivity contribution in [3.05, 3.63) is 58.6 Å². The molecule has 0 atom stereocenters. The fourth-order valence-corrected chi connectivity index (χ4v) is 2.54. The molecule has 0 radical (unpaired) electrons. The van der Waals surface area contributed by atoms with E-state index < -0.39 is 4.92 Å². The quantitative estimate of drug-likeness (QED) is 0.464. The van der Waals surface area contributed by atoms with Crippen LogP contribution in [0.4, 0.5) is 22.7 Å². The number of benzene rings is 2. The molecule has 2 rings (SSSR count). The van der Waals surface area contributed by atoms with E-state index in [9.17, 15) is 10.1 Å². The van der Waals surface area contributed by atoms with Crippen LogP contribution in [0.1, 0.15) is 13.8 Å². The van der Waals surface area contributed by atoms with Gasteiger partial charge in [-0.1, -0.05) is 0 Å². The van der Waals surface area contributed by atoms with E-state index in [1.54, 1.807) is 12.1 Å². The van der Waals surface area contributed by atoms with Crippen LogP contribution in [0, 0.1) is 10.1 Å². The average Bonchev–Trinajstić information content (AvgIpc) is 2.58. The Morgan fingerprint density at radius 1 is 1.00 bits per heavy atom. The van der Waals surface area contributed by atoms with Crippen molar-refractivity contribution in [3.63, 3.8) is 0 Å². The minimum atomic E-state index is -0.433. The lowest BCUT2D eigenvalue weighted by atomic mass is 10.2. The van der Waals surface area contributed by atoms with Crippen LogP contribution in [0.5, 0.6) is 0 Å². The largest absolute Gasteiger partial charge is 0.372 e. The van der Waals surface area contributed by atoms with E-state index >= 15 is 0 Å². The fraction of sp³-hybridized carbons (Fsp3) is 0.235. The summed E-state index contributed by atoms with van der Waals surface area (Å²) >= 11 is 5.27. The Kier molecular flexibility index (Phi) is 6.08. The number of nitrogens with one attached hydrogen (secondary N) is 2. The number of nitrogens with zero attached hydrogens (tertiary/aromatic N) is 2. The Balaban J connectivity index is 1.95. The van der Waals surface area contributed by atoms with Crippen LogP contribution in [-0.4, -0.2) is 23.1 Å². The van der Waals surface area contributed by atoms with Crippen molar-refractivity contribution < 1.29 is 4.92 Å². The van der Waals surface area contributed by atoms with Gasteiger partial charge in [-0.3, -0.25) is 10.1 Å². The maximum absolute atomic E-state index is 10.6. The van der Waals surface area contributed by atoms with Crippen LogP contribution in [0.2, 0.25) is 0 Å². The third kappa shape index (κ3) is 4.66. The summed E-state index contributed by atoms with van der Waals surface area (Å²) < 4.78 is 0. The molecule has 0 amide bonds. The molecule has 2 aromatic carbocycles. The van der Waals surface area contributed by atoms with Gasteiger partial charge in [-0.05, 0) is 62.5 Å². The van der Waals surface area contributed by atoms with Gasteiger partial charge in [-0.25, -0.2) is 0 Å². The van der Waals surface area contributed by atoms with E-state index in [1.165, 1.54) is 17.8 Å². The van der Waals surface area contributed by atoms with Crippen molar-refractivity contribution in [3.8, 4) is 0 Å². The summed E-state index contributed by atoms with van der Waals surface area (Å²) in [5, 5.41) is 17.2. The number of hydrogen-bond donors (Lipinski definition) is 2. The van der Waals surface area contributed by atoms with E-state index in [4.69, 9.17) is 12.2 Å². The summed E-state index contributed by atoms with van der Waals surface area (Å²) in [6.45, 7) is 6.17. The zero-order valence-electron chi connectivity index (χ0n) is 13.7. The summed E-state index contributed by atoms with van der Waals surface area (Å²) in [7, 11) is 0. The highest BCUT2D eigenvalue weighted by molar-refractivity contribution is 7.80. The Morgan fingerprint density at radius 3 is 1.88 bits per heavy atom. The molecule has 0 bridgehead atoms. The number of hydrogen-bond acceptors (Lipinski definition) is 4. The Labute approximate surface area is 146 Å². The van der Waals surface area contributed by atoms with E-state index in [2.05, 4.69) is 29.4 Å². The second-order valence-corrected chi connectivity index (χ2v) is 5.51. The molecule has 0 aliphatic carbocycles. The van der Waals surface area contributed by atoms with Gasteiger partial charge in [0.2, 0.25) is 0 Å². The molecule has 0 spiro atoms. The standard InChI is InChI=1S/C17H20N4O2S/c1-3-20(4-2)15-9-5-13(6-10-15)18-17(24)19-14-7-11-16(12-8-14)21(22)23/h5-12H,3-4H2,1-2H3,(H2,18,19,24). The van der Waals surface area contributed by atoms with Crippen molar-refractivity contribution in [1.29, 1.82) is 0 Å². The molecule has 2 N–H and O–H groups in total. The van der Waals surface area contributed by atoms with Crippen LogP contribution >= 0.6 is 12.2 Å². The number of thiocarbonyl (C=S) groups is 1. The second kappa shape index (κ2) is 8.26. The Hall–Kier alpha value is -2.67. The molecule has 6 nitrogen and oxygen atoms in total. The SMILES string of the molecule is CCN(CC)c1ccc(NC(=S)Nc2ccc([N+](=O)[O-])cc2)cc1. The summed E-state index contributed by atoms with van der Waals surface area (Å²) in [6.07, 6.45) is 0. The lowest BCUT2D eigenvalue weighted by Crippen LogP contribution is -2.22. The van der Waals surface area contributed by atoms with Gasteiger partial charge in [-0.2, -0.15) is 0 Å². The number of rotatable bonds is 6. The Bertz CT molecular complexity index is 698. The monoisotopic (exact) mass is 344 g/mol. The molecule has 0 saturated heterocycles. The first kappa shape index (κ1) is 17.7. The van der Waals surface area contributed by atoms with Crippen molar-refractivity contribution >= 4 is 40.1 Å². The molecule has 126 valence electrons. The molecule has 0 fully saturated rings. The lowest BCUT2D eigenvalue weighted by Gasteiger charge is -2.21. The molecule has 0 saturated carbocycles. The van der Waals surface area contributed by atoms with Gasteiger partial charge in [0.1, 0.15) is 0 Å². The molecule has 7 heteroatoms. The molecular formula is C17H20N4O2S. The van der Waals surface area contributed by atoms with E-state index in [0.29, 0.717) is 10.8 Å². The number of non-ortho nitro benzene ring substituents is 1. The summed E-state index contributed by atoms with van der Waals surface area (Å²) in [4.78, 5) is 12.5. The molecule has 0 aliphatic rings. The molecule has 0 heterocycles. The van der Waals surface area contributed by atoms with E-state index in [-0.39, 0.29) is 5.69 Å². The van der Waals surface area contributed by atoms with Crippen LogP contribution in [0.15, 0.2) is 48.5 Å². The summed E-state index contributed by atoms with van der Waals surface area (Å²) in [5.41, 5.74) is 2.79. The highest BCUT2D eigenvalue weighted by atomic mass is 32.1. The summed E-state index contributed by atoms with van der Waals surface area (Å²) in [6, 6.07) is 14.1. The lowest BCUT2D eigenvalue weighted by molar-refractivity contribution is -0.384. The van der Waals surface area contributed by atoms with Gasteiger partial charge in [0.25, 0.3) is 5.69 Å². The van der Waals surface area contributed by atoms with Gasteiger partial charge < -0.3 is 15.5 Å². The van der Waals surface area contributed by atoms with Gasteiger partial charge in [0, 0.05) is 42.3 Å². The van der Waals surface area contributed by atoms with Crippen LogP contribution in [-0.2, 0) is 0 Å². The minimum Gasteiger partial charge on any atom is -0.372 e. The summed E-state index contributed by atoms with van der Waals surface area (Å²) in [5.74, 6) is 0. The normalized spacial score (nSPS) is 10.1. The predicted octanol–water partition coefficient (Wildman–Crippen LogP) is 4.25. The van der Waals surface area contributed by atoms with Gasteiger partial charge in [0.05, 0.1) is 4.92 Å². The number of anilines is 3. The number of nitro benzene ring substituents is 1. The first-order chi connectivity index (χ1) is 11.5. The third-order valence-electron chi connectivity index (χ3n) is 3.59. The van der Waals surface area contributed by atoms with Gasteiger partial charge in [0.15, 0.2) is 5.11 Å². The predicted molar refractivity (Wildman–Crippen MR) is 103 cm³/mol. The zero-order chi connectivity index (χ0) is 17.5. The minimum absolute atomic E-state index is 0.0476. The van der Waals surface area contributed by atoms with Crippen molar-refractivity contribution in [1.82, 2.24) is 0 Å². The fourth-order valence-electron chi connectivity index (χ4n) is 2.30. The smallest absolute Gasteiger partial charge is 0.269 e. The molecular weight excluding hydrogens is 324 g/mol. The zero-order valence-corrected chi connectivity index (χ0v) is 14.5.